The van der Waals surface area contributed by atoms with Gasteiger partial charge in [-0.3, -0.25) is 9.59 Å². The lowest BCUT2D eigenvalue weighted by atomic mass is 10.2. The molecule has 45 heavy (non-hydrogen) atoms. The summed E-state index contributed by atoms with van der Waals surface area (Å²) in [6.07, 6.45) is 0. The topological polar surface area (TPSA) is 142 Å². The van der Waals surface area contributed by atoms with E-state index in [4.69, 9.17) is 4.42 Å². The third-order valence-electron chi connectivity index (χ3n) is 7.00. The summed E-state index contributed by atoms with van der Waals surface area (Å²) in [7, 11) is 0. The number of imidazole rings is 2. The summed E-state index contributed by atoms with van der Waals surface area (Å²) >= 11 is 2.70. The Morgan fingerprint density at radius 2 is 1.22 bits per heavy atom. The molecule has 2 amide bonds. The molecule has 3 heterocycles. The molecule has 10 nitrogen and oxygen atoms in total. The number of aromatic amines is 2. The standard InChI is InChI=1S/C33H27N7O3S2/c1-18-3-10-23-25(13-18)39-32(37-23)44-16-29(41)34-21-7-5-20(6-8-21)31-36-27-15-22(9-12-28(27)43-31)35-30(42)17-45-33-38-24-11-4-19(2)14-26(24)40-33/h3-15H,16-17H2,1-2H3,(H,34,41)(H,35,42)(H,37,39)(H,38,40). The number of aryl methyl sites for hydroxylation is 2. The molecular weight excluding hydrogens is 607 g/mol. The quantitative estimate of drug-likeness (QED) is 0.121. The summed E-state index contributed by atoms with van der Waals surface area (Å²) in [5.41, 5.74) is 9.24. The lowest BCUT2D eigenvalue weighted by molar-refractivity contribution is -0.114. The third kappa shape index (κ3) is 6.56. The second-order valence-electron chi connectivity index (χ2n) is 10.6. The first-order valence-electron chi connectivity index (χ1n) is 14.1. The average Bonchev–Trinajstić information content (AvgIpc) is 3.75. The zero-order valence-electron chi connectivity index (χ0n) is 24.3. The molecule has 0 spiro atoms. The zero-order valence-corrected chi connectivity index (χ0v) is 25.9. The summed E-state index contributed by atoms with van der Waals surface area (Å²) in [6, 6.07) is 24.7. The van der Waals surface area contributed by atoms with Gasteiger partial charge in [0, 0.05) is 16.9 Å². The SMILES string of the molecule is Cc1ccc2nc(SCC(=O)Nc3ccc(-c4nc5cc(NC(=O)CSc6nc7ccc(C)cc7[nH]6)ccc5o4)cc3)[nH]c2c1. The summed E-state index contributed by atoms with van der Waals surface area (Å²) < 4.78 is 5.96. The Balaban J connectivity index is 0.937. The average molecular weight is 634 g/mol. The molecule has 0 atom stereocenters. The van der Waals surface area contributed by atoms with Gasteiger partial charge in [-0.1, -0.05) is 35.7 Å². The number of carbonyl (C=O) groups excluding carboxylic acids is 2. The highest BCUT2D eigenvalue weighted by atomic mass is 32.2. The van der Waals surface area contributed by atoms with Gasteiger partial charge in [0.2, 0.25) is 17.7 Å². The van der Waals surface area contributed by atoms with Gasteiger partial charge in [0.15, 0.2) is 15.9 Å². The van der Waals surface area contributed by atoms with Gasteiger partial charge in [0.25, 0.3) is 0 Å². The molecule has 4 aromatic carbocycles. The summed E-state index contributed by atoms with van der Waals surface area (Å²) in [5.74, 6) is 0.596. The number of hydrogen-bond donors (Lipinski definition) is 4. The number of rotatable bonds is 9. The highest BCUT2D eigenvalue weighted by Crippen LogP contribution is 2.28. The molecule has 0 saturated carbocycles. The Labute approximate surface area is 265 Å². The largest absolute Gasteiger partial charge is 0.436 e. The molecule has 0 bridgehead atoms. The van der Waals surface area contributed by atoms with Crippen LogP contribution in [-0.4, -0.2) is 48.2 Å². The number of nitrogens with one attached hydrogen (secondary N) is 4. The number of nitrogens with zero attached hydrogens (tertiary/aromatic N) is 3. The predicted molar refractivity (Wildman–Crippen MR) is 180 cm³/mol. The van der Waals surface area contributed by atoms with Gasteiger partial charge >= 0.3 is 0 Å². The molecule has 0 saturated heterocycles. The van der Waals surface area contributed by atoms with Crippen LogP contribution >= 0.6 is 23.5 Å². The fourth-order valence-corrected chi connectivity index (χ4v) is 6.19. The fraction of sp³-hybridized carbons (Fsp3) is 0.121. The van der Waals surface area contributed by atoms with Gasteiger partial charge in [0.1, 0.15) is 5.52 Å². The van der Waals surface area contributed by atoms with Crippen LogP contribution in [0, 0.1) is 13.8 Å². The van der Waals surface area contributed by atoms with Crippen molar-refractivity contribution in [3.8, 4) is 11.5 Å². The van der Waals surface area contributed by atoms with Crippen molar-refractivity contribution in [3.05, 3.63) is 90.0 Å². The van der Waals surface area contributed by atoms with Crippen molar-refractivity contribution in [3.63, 3.8) is 0 Å². The Morgan fingerprint density at radius 3 is 1.82 bits per heavy atom. The number of carbonyl (C=O) groups is 2. The molecule has 3 aromatic heterocycles. The smallest absolute Gasteiger partial charge is 0.234 e. The number of hydrogen-bond acceptors (Lipinski definition) is 8. The van der Waals surface area contributed by atoms with Crippen LogP contribution in [0.15, 0.2) is 93.6 Å². The predicted octanol–water partition coefficient (Wildman–Crippen LogP) is 7.33. The Kier molecular flexibility index (Phi) is 7.74. The fourth-order valence-electron chi connectivity index (χ4n) is 4.82. The Morgan fingerprint density at radius 1 is 0.667 bits per heavy atom. The number of anilines is 2. The molecule has 4 N–H and O–H groups in total. The van der Waals surface area contributed by atoms with Gasteiger partial charge in [-0.05, 0) is 91.7 Å². The lowest BCUT2D eigenvalue weighted by Crippen LogP contribution is -2.14. The van der Waals surface area contributed by atoms with E-state index in [1.165, 1.54) is 23.5 Å². The molecular formula is C33H27N7O3S2. The monoisotopic (exact) mass is 633 g/mol. The van der Waals surface area contributed by atoms with Crippen LogP contribution in [-0.2, 0) is 9.59 Å². The van der Waals surface area contributed by atoms with E-state index in [0.29, 0.717) is 38.7 Å². The molecule has 0 radical (unpaired) electrons. The number of oxazole rings is 1. The first-order chi connectivity index (χ1) is 21.8. The first kappa shape index (κ1) is 28.7. The first-order valence-corrected chi connectivity index (χ1v) is 16.1. The van der Waals surface area contributed by atoms with E-state index < -0.39 is 0 Å². The van der Waals surface area contributed by atoms with Crippen molar-refractivity contribution in [2.75, 3.05) is 22.1 Å². The van der Waals surface area contributed by atoms with Gasteiger partial charge in [-0.15, -0.1) is 0 Å². The molecule has 12 heteroatoms. The number of fused-ring (bicyclic) bond motifs is 3. The van der Waals surface area contributed by atoms with Crippen LogP contribution in [0.5, 0.6) is 0 Å². The zero-order chi connectivity index (χ0) is 30.9. The van der Waals surface area contributed by atoms with Crippen LogP contribution in [0.25, 0.3) is 44.6 Å². The van der Waals surface area contributed by atoms with Gasteiger partial charge < -0.3 is 25.0 Å². The molecule has 0 aliphatic heterocycles. The minimum atomic E-state index is -0.150. The van der Waals surface area contributed by atoms with Crippen LogP contribution in [0.1, 0.15) is 11.1 Å². The van der Waals surface area contributed by atoms with Crippen LogP contribution in [0.3, 0.4) is 0 Å². The van der Waals surface area contributed by atoms with Crippen LogP contribution in [0.2, 0.25) is 0 Å². The number of H-pyrrole nitrogens is 2. The van der Waals surface area contributed by atoms with Gasteiger partial charge in [0.05, 0.1) is 33.6 Å². The number of amides is 2. The molecule has 0 fully saturated rings. The molecule has 7 aromatic rings. The van der Waals surface area contributed by atoms with E-state index in [-0.39, 0.29) is 23.3 Å². The van der Waals surface area contributed by atoms with E-state index in [1.807, 2.05) is 74.5 Å². The number of thioether (sulfide) groups is 2. The van der Waals surface area contributed by atoms with Gasteiger partial charge in [-0.2, -0.15) is 0 Å². The second kappa shape index (κ2) is 12.1. The molecule has 0 aliphatic rings. The summed E-state index contributed by atoms with van der Waals surface area (Å²) in [5, 5.41) is 7.24. The maximum atomic E-state index is 12.6. The number of benzene rings is 4. The molecule has 7 rings (SSSR count). The molecule has 0 unspecified atom stereocenters. The summed E-state index contributed by atoms with van der Waals surface area (Å²) in [4.78, 5) is 45.4. The maximum Gasteiger partial charge on any atom is 0.234 e. The highest BCUT2D eigenvalue weighted by Gasteiger charge is 2.13. The number of aromatic nitrogens is 5. The van der Waals surface area contributed by atoms with Crippen molar-refractivity contribution in [2.24, 2.45) is 0 Å². The van der Waals surface area contributed by atoms with Crippen LogP contribution < -0.4 is 10.6 Å². The van der Waals surface area contributed by atoms with E-state index in [1.54, 1.807) is 18.2 Å². The van der Waals surface area contributed by atoms with E-state index in [0.717, 1.165) is 38.8 Å². The maximum absolute atomic E-state index is 12.6. The second-order valence-corrected chi connectivity index (χ2v) is 12.5. The third-order valence-corrected chi connectivity index (χ3v) is 8.74. The van der Waals surface area contributed by atoms with E-state index >= 15 is 0 Å². The van der Waals surface area contributed by atoms with Crippen molar-refractivity contribution in [1.29, 1.82) is 0 Å². The molecule has 224 valence electrons. The van der Waals surface area contributed by atoms with E-state index in [2.05, 4.69) is 35.6 Å². The van der Waals surface area contributed by atoms with Crippen molar-refractivity contribution in [1.82, 2.24) is 24.9 Å². The minimum Gasteiger partial charge on any atom is -0.436 e. The highest BCUT2D eigenvalue weighted by molar-refractivity contribution is 8.00. The lowest BCUT2D eigenvalue weighted by Gasteiger charge is -2.05. The van der Waals surface area contributed by atoms with Gasteiger partial charge in [-0.25, -0.2) is 15.0 Å². The normalized spacial score (nSPS) is 11.4. The molecule has 0 aliphatic carbocycles. The van der Waals surface area contributed by atoms with Crippen LogP contribution in [0.4, 0.5) is 11.4 Å². The van der Waals surface area contributed by atoms with E-state index in [9.17, 15) is 9.59 Å². The van der Waals surface area contributed by atoms with Crippen molar-refractivity contribution >= 4 is 79.9 Å². The summed E-state index contributed by atoms with van der Waals surface area (Å²) in [6.45, 7) is 4.06. The van der Waals surface area contributed by atoms with Crippen molar-refractivity contribution < 1.29 is 14.0 Å². The Bertz CT molecular complexity index is 2200. The minimum absolute atomic E-state index is 0.133. The van der Waals surface area contributed by atoms with Crippen molar-refractivity contribution in [2.45, 2.75) is 24.2 Å². The Hall–Kier alpha value is -5.07.